The van der Waals surface area contributed by atoms with Crippen LogP contribution in [-0.4, -0.2) is 34.0 Å². The average Bonchev–Trinajstić information content (AvgIpc) is 2.66. The fraction of sp³-hybridized carbons (Fsp3) is 0.333. The molecule has 0 saturated heterocycles. The second-order valence-corrected chi connectivity index (χ2v) is 8.42. The lowest BCUT2D eigenvalue weighted by molar-refractivity contribution is -0.117. The van der Waals surface area contributed by atoms with E-state index in [9.17, 15) is 29.4 Å². The molecule has 8 heteroatoms. The van der Waals surface area contributed by atoms with E-state index in [1.807, 2.05) is 27.7 Å². The SMILES string of the molecule is CC(C)CC(=O)Nc1ccc(-c2ccc(NC(=O)CC(C)C)c(C(=O)O)c2)cc1C(=O)O. The van der Waals surface area contributed by atoms with Gasteiger partial charge in [-0.25, -0.2) is 9.59 Å². The summed E-state index contributed by atoms with van der Waals surface area (Å²) in [5, 5.41) is 24.4. The van der Waals surface area contributed by atoms with Crippen molar-refractivity contribution in [3.63, 3.8) is 0 Å². The van der Waals surface area contributed by atoms with Crippen molar-refractivity contribution in [1.82, 2.24) is 0 Å². The van der Waals surface area contributed by atoms with Gasteiger partial charge in [-0.1, -0.05) is 39.8 Å². The first-order valence-corrected chi connectivity index (χ1v) is 10.3. The van der Waals surface area contributed by atoms with Crippen molar-refractivity contribution in [2.75, 3.05) is 10.6 Å². The summed E-state index contributed by atoms with van der Waals surface area (Å²) < 4.78 is 0. The number of hydrogen-bond acceptors (Lipinski definition) is 4. The summed E-state index contributed by atoms with van der Waals surface area (Å²) in [5.74, 6) is -2.77. The van der Waals surface area contributed by atoms with Crippen LogP contribution in [0.15, 0.2) is 36.4 Å². The molecule has 0 atom stereocenters. The number of benzene rings is 2. The van der Waals surface area contributed by atoms with Gasteiger partial charge < -0.3 is 20.8 Å². The predicted octanol–water partition coefficient (Wildman–Crippen LogP) is 4.72. The maximum atomic E-state index is 12.1. The topological polar surface area (TPSA) is 133 Å². The molecule has 0 aliphatic rings. The summed E-state index contributed by atoms with van der Waals surface area (Å²) >= 11 is 0. The molecule has 0 aliphatic heterocycles. The molecule has 0 saturated carbocycles. The number of hydrogen-bond donors (Lipinski definition) is 4. The quantitative estimate of drug-likeness (QED) is 0.446. The zero-order valence-electron chi connectivity index (χ0n) is 18.6. The second kappa shape index (κ2) is 10.6. The summed E-state index contributed by atoms with van der Waals surface area (Å²) in [6.07, 6.45) is 0.513. The summed E-state index contributed by atoms with van der Waals surface area (Å²) in [6, 6.07) is 8.94. The first-order chi connectivity index (χ1) is 15.0. The standard InChI is InChI=1S/C24H28N2O6/c1-13(2)9-21(27)25-19-7-5-15(11-17(19)23(29)30)16-6-8-20(18(12-16)24(31)32)26-22(28)10-14(3)4/h5-8,11-14H,9-10H2,1-4H3,(H,25,27)(H,26,28)(H,29,30)(H,31,32). The van der Waals surface area contributed by atoms with Gasteiger partial charge in [-0.15, -0.1) is 0 Å². The Kier molecular flexibility index (Phi) is 8.12. The highest BCUT2D eigenvalue weighted by Gasteiger charge is 2.18. The zero-order chi connectivity index (χ0) is 24.0. The average molecular weight is 440 g/mol. The lowest BCUT2D eigenvalue weighted by Gasteiger charge is -2.14. The number of aromatic carboxylic acids is 2. The van der Waals surface area contributed by atoms with Gasteiger partial charge in [0.1, 0.15) is 0 Å². The van der Waals surface area contributed by atoms with Gasteiger partial charge in [0.25, 0.3) is 0 Å². The first kappa shape index (κ1) is 24.6. The monoisotopic (exact) mass is 440 g/mol. The van der Waals surface area contributed by atoms with Crippen LogP contribution in [0.25, 0.3) is 11.1 Å². The maximum absolute atomic E-state index is 12.1. The van der Waals surface area contributed by atoms with Crippen molar-refractivity contribution >= 4 is 35.1 Å². The molecular formula is C24H28N2O6. The number of carbonyl (C=O) groups excluding carboxylic acids is 2. The van der Waals surface area contributed by atoms with Crippen molar-refractivity contribution in [2.24, 2.45) is 11.8 Å². The molecule has 0 fully saturated rings. The Morgan fingerprint density at radius 2 is 1.03 bits per heavy atom. The van der Waals surface area contributed by atoms with Gasteiger partial charge >= 0.3 is 11.9 Å². The number of anilines is 2. The van der Waals surface area contributed by atoms with E-state index in [-0.39, 0.29) is 59.0 Å². The third kappa shape index (κ3) is 6.66. The summed E-state index contributed by atoms with van der Waals surface area (Å²) in [7, 11) is 0. The van der Waals surface area contributed by atoms with Crippen LogP contribution in [-0.2, 0) is 9.59 Å². The van der Waals surface area contributed by atoms with Crippen molar-refractivity contribution in [3.8, 4) is 11.1 Å². The Balaban J connectivity index is 2.40. The van der Waals surface area contributed by atoms with E-state index in [1.54, 1.807) is 12.1 Å². The molecule has 0 heterocycles. The lowest BCUT2D eigenvalue weighted by Crippen LogP contribution is -2.16. The van der Waals surface area contributed by atoms with Gasteiger partial charge in [-0.05, 0) is 47.2 Å². The largest absolute Gasteiger partial charge is 0.478 e. The smallest absolute Gasteiger partial charge is 0.337 e. The van der Waals surface area contributed by atoms with Gasteiger partial charge in [-0.3, -0.25) is 9.59 Å². The zero-order valence-corrected chi connectivity index (χ0v) is 18.6. The normalized spacial score (nSPS) is 10.8. The van der Waals surface area contributed by atoms with Crippen LogP contribution in [0.1, 0.15) is 61.3 Å². The third-order valence-electron chi connectivity index (χ3n) is 4.57. The van der Waals surface area contributed by atoms with Gasteiger partial charge in [0.2, 0.25) is 11.8 Å². The maximum Gasteiger partial charge on any atom is 0.337 e. The van der Waals surface area contributed by atoms with Crippen molar-refractivity contribution in [1.29, 1.82) is 0 Å². The fourth-order valence-corrected chi connectivity index (χ4v) is 3.16. The Morgan fingerprint density at radius 1 is 0.688 bits per heavy atom. The minimum Gasteiger partial charge on any atom is -0.478 e. The van der Waals surface area contributed by atoms with Gasteiger partial charge in [0.15, 0.2) is 0 Å². The second-order valence-electron chi connectivity index (χ2n) is 8.42. The van der Waals surface area contributed by atoms with Crippen LogP contribution in [0.4, 0.5) is 11.4 Å². The van der Waals surface area contributed by atoms with E-state index in [1.165, 1.54) is 24.3 Å². The minimum atomic E-state index is -1.22. The molecule has 0 radical (unpaired) electrons. The van der Waals surface area contributed by atoms with Crippen LogP contribution in [0.3, 0.4) is 0 Å². The van der Waals surface area contributed by atoms with Gasteiger partial charge in [0.05, 0.1) is 22.5 Å². The van der Waals surface area contributed by atoms with Crippen LogP contribution >= 0.6 is 0 Å². The van der Waals surface area contributed by atoms with Gasteiger partial charge in [0, 0.05) is 12.8 Å². The molecule has 2 aromatic carbocycles. The Morgan fingerprint density at radius 3 is 1.31 bits per heavy atom. The Labute approximate surface area is 186 Å². The number of carboxylic acid groups (broad SMARTS) is 2. The lowest BCUT2D eigenvalue weighted by atomic mass is 9.98. The van der Waals surface area contributed by atoms with Crippen LogP contribution in [0.5, 0.6) is 0 Å². The van der Waals surface area contributed by atoms with Crippen molar-refractivity contribution in [3.05, 3.63) is 47.5 Å². The highest BCUT2D eigenvalue weighted by Crippen LogP contribution is 2.29. The van der Waals surface area contributed by atoms with Crippen molar-refractivity contribution < 1.29 is 29.4 Å². The molecule has 170 valence electrons. The minimum absolute atomic E-state index is 0.106. The molecule has 0 bridgehead atoms. The Hall–Kier alpha value is -3.68. The van der Waals surface area contributed by atoms with E-state index in [2.05, 4.69) is 10.6 Å². The number of nitrogens with one attached hydrogen (secondary N) is 2. The molecule has 0 aromatic heterocycles. The van der Waals surface area contributed by atoms with E-state index in [4.69, 9.17) is 0 Å². The number of amides is 2. The summed E-state index contributed by atoms with van der Waals surface area (Å²) in [4.78, 5) is 47.6. The van der Waals surface area contributed by atoms with Gasteiger partial charge in [-0.2, -0.15) is 0 Å². The first-order valence-electron chi connectivity index (χ1n) is 10.3. The summed E-state index contributed by atoms with van der Waals surface area (Å²) in [6.45, 7) is 7.54. The van der Waals surface area contributed by atoms with Crippen molar-refractivity contribution in [2.45, 2.75) is 40.5 Å². The highest BCUT2D eigenvalue weighted by atomic mass is 16.4. The third-order valence-corrected chi connectivity index (χ3v) is 4.57. The number of rotatable bonds is 9. The molecule has 2 amide bonds. The molecule has 8 nitrogen and oxygen atoms in total. The van der Waals surface area contributed by atoms with E-state index in [0.29, 0.717) is 11.1 Å². The number of carboxylic acids is 2. The molecule has 0 unspecified atom stereocenters. The van der Waals surface area contributed by atoms with E-state index < -0.39 is 11.9 Å². The highest BCUT2D eigenvalue weighted by molar-refractivity contribution is 6.03. The number of carbonyl (C=O) groups is 4. The van der Waals surface area contributed by atoms with Crippen LogP contribution in [0.2, 0.25) is 0 Å². The molecular weight excluding hydrogens is 412 g/mol. The molecule has 2 rings (SSSR count). The summed E-state index contributed by atoms with van der Waals surface area (Å²) in [5.41, 5.74) is 1.06. The molecule has 32 heavy (non-hydrogen) atoms. The Bertz CT molecular complexity index is 959. The molecule has 2 aromatic rings. The molecule has 0 spiro atoms. The van der Waals surface area contributed by atoms with Crippen LogP contribution in [0, 0.1) is 11.8 Å². The molecule has 0 aliphatic carbocycles. The van der Waals surface area contributed by atoms with E-state index >= 15 is 0 Å². The predicted molar refractivity (Wildman–Crippen MR) is 122 cm³/mol. The molecule has 4 N–H and O–H groups in total. The van der Waals surface area contributed by atoms with Crippen LogP contribution < -0.4 is 10.6 Å². The van der Waals surface area contributed by atoms with E-state index in [0.717, 1.165) is 0 Å². The fourth-order valence-electron chi connectivity index (χ4n) is 3.16.